The molecule has 3 rings (SSSR count). The van der Waals surface area contributed by atoms with Gasteiger partial charge in [-0.2, -0.15) is 0 Å². The summed E-state index contributed by atoms with van der Waals surface area (Å²) in [5.74, 6) is 0.741. The highest BCUT2D eigenvalue weighted by Crippen LogP contribution is 2.22. The van der Waals surface area contributed by atoms with Crippen molar-refractivity contribution >= 4 is 5.78 Å². The van der Waals surface area contributed by atoms with Gasteiger partial charge in [0.2, 0.25) is 5.78 Å². The lowest BCUT2D eigenvalue weighted by atomic mass is 10.2. The summed E-state index contributed by atoms with van der Waals surface area (Å²) in [4.78, 5) is 11.1. The first-order valence-corrected chi connectivity index (χ1v) is 7.30. The molecule has 0 saturated carbocycles. The summed E-state index contributed by atoms with van der Waals surface area (Å²) in [6.45, 7) is 5.79. The Balaban J connectivity index is 1.88. The number of hydrogen-bond donors (Lipinski definition) is 1. The van der Waals surface area contributed by atoms with Gasteiger partial charge in [0.15, 0.2) is 0 Å². The topological polar surface area (TPSA) is 62.9 Å². The molecule has 1 saturated heterocycles. The Morgan fingerprint density at radius 2 is 2.24 bits per heavy atom. The van der Waals surface area contributed by atoms with Gasteiger partial charge in [-0.3, -0.25) is 9.30 Å². The molecule has 1 aliphatic rings. The lowest BCUT2D eigenvalue weighted by molar-refractivity contribution is 0.107. The Morgan fingerprint density at radius 1 is 1.43 bits per heavy atom. The van der Waals surface area contributed by atoms with Crippen LogP contribution in [0.4, 0.5) is 0 Å². The minimum Gasteiger partial charge on any atom is -0.395 e. The lowest BCUT2D eigenvalue weighted by Gasteiger charge is -2.22. The molecule has 1 N–H and O–H groups in total. The predicted octanol–water partition coefficient (Wildman–Crippen LogP) is 0.928. The summed E-state index contributed by atoms with van der Waals surface area (Å²) >= 11 is 0. The second kappa shape index (κ2) is 5.71. The molecule has 21 heavy (non-hydrogen) atoms. The summed E-state index contributed by atoms with van der Waals surface area (Å²) in [5, 5.41) is 9.55. The minimum atomic E-state index is 0.152. The molecule has 6 heteroatoms. The molecule has 3 heterocycles. The van der Waals surface area contributed by atoms with E-state index in [1.165, 1.54) is 0 Å². The molecule has 0 bridgehead atoms. The smallest absolute Gasteiger partial charge is 0.234 e. The van der Waals surface area contributed by atoms with Gasteiger partial charge < -0.3 is 9.84 Å². The highest BCUT2D eigenvalue weighted by Gasteiger charge is 2.32. The average Bonchev–Trinajstić information content (AvgIpc) is 3.03. The SMILES string of the molecule is CO[C@@H]1C[C@@H](CO)N(Cc2cnc3nc(C)cc(C)n23)C1. The van der Waals surface area contributed by atoms with Crippen LogP contribution in [-0.2, 0) is 11.3 Å². The Kier molecular flexibility index (Phi) is 3.93. The zero-order valence-corrected chi connectivity index (χ0v) is 12.8. The molecule has 2 aromatic heterocycles. The summed E-state index contributed by atoms with van der Waals surface area (Å²) in [5.41, 5.74) is 3.21. The number of aliphatic hydroxyl groups is 1. The molecule has 114 valence electrons. The van der Waals surface area contributed by atoms with Crippen LogP contribution < -0.4 is 0 Å². The molecule has 0 spiro atoms. The highest BCUT2D eigenvalue weighted by molar-refractivity contribution is 5.35. The largest absolute Gasteiger partial charge is 0.395 e. The summed E-state index contributed by atoms with van der Waals surface area (Å²) < 4.78 is 7.52. The zero-order valence-electron chi connectivity index (χ0n) is 12.8. The van der Waals surface area contributed by atoms with Crippen molar-refractivity contribution in [1.29, 1.82) is 0 Å². The van der Waals surface area contributed by atoms with Crippen molar-refractivity contribution in [3.63, 3.8) is 0 Å². The molecule has 0 radical (unpaired) electrons. The third kappa shape index (κ3) is 2.66. The molecular formula is C15H22N4O2. The van der Waals surface area contributed by atoms with Crippen molar-refractivity contribution in [3.05, 3.63) is 29.3 Å². The van der Waals surface area contributed by atoms with Crippen LogP contribution in [0.15, 0.2) is 12.3 Å². The number of aliphatic hydroxyl groups excluding tert-OH is 1. The molecular weight excluding hydrogens is 268 g/mol. The maximum Gasteiger partial charge on any atom is 0.234 e. The average molecular weight is 290 g/mol. The van der Waals surface area contributed by atoms with Gasteiger partial charge in [-0.15, -0.1) is 0 Å². The van der Waals surface area contributed by atoms with E-state index >= 15 is 0 Å². The summed E-state index contributed by atoms with van der Waals surface area (Å²) in [6.07, 6.45) is 2.95. The third-order valence-electron chi connectivity index (χ3n) is 4.26. The number of hydrogen-bond acceptors (Lipinski definition) is 5. The van der Waals surface area contributed by atoms with Gasteiger partial charge in [-0.1, -0.05) is 0 Å². The maximum atomic E-state index is 9.55. The van der Waals surface area contributed by atoms with Crippen molar-refractivity contribution in [3.8, 4) is 0 Å². The molecule has 1 aliphatic heterocycles. The van der Waals surface area contributed by atoms with E-state index in [0.717, 1.165) is 42.4 Å². The van der Waals surface area contributed by atoms with Crippen LogP contribution in [-0.4, -0.2) is 56.8 Å². The van der Waals surface area contributed by atoms with E-state index in [0.29, 0.717) is 0 Å². The van der Waals surface area contributed by atoms with Crippen molar-refractivity contribution < 1.29 is 9.84 Å². The van der Waals surface area contributed by atoms with Gasteiger partial charge in [-0.25, -0.2) is 9.97 Å². The van der Waals surface area contributed by atoms with E-state index in [9.17, 15) is 5.11 Å². The standard InChI is InChI=1S/C15H22N4O2/c1-10-4-11(2)19-13(6-16-15(19)17-10)7-18-8-14(21-3)5-12(18)9-20/h4,6,12,14,20H,5,7-9H2,1-3H3/t12-,14+/m0/s1. The number of ether oxygens (including phenoxy) is 1. The Hall–Kier alpha value is -1.50. The number of imidazole rings is 1. The van der Waals surface area contributed by atoms with E-state index in [-0.39, 0.29) is 18.8 Å². The Bertz CT molecular complexity index is 640. The number of nitrogens with zero attached hydrogens (tertiary/aromatic N) is 4. The molecule has 6 nitrogen and oxygen atoms in total. The van der Waals surface area contributed by atoms with Crippen LogP contribution in [0.3, 0.4) is 0 Å². The second-order valence-corrected chi connectivity index (χ2v) is 5.78. The van der Waals surface area contributed by atoms with Crippen LogP contribution in [0.5, 0.6) is 0 Å². The van der Waals surface area contributed by atoms with Gasteiger partial charge in [0, 0.05) is 37.6 Å². The highest BCUT2D eigenvalue weighted by atomic mass is 16.5. The van der Waals surface area contributed by atoms with Crippen molar-refractivity contribution in [1.82, 2.24) is 19.3 Å². The molecule has 0 aromatic carbocycles. The first-order valence-electron chi connectivity index (χ1n) is 7.30. The van der Waals surface area contributed by atoms with Gasteiger partial charge >= 0.3 is 0 Å². The fourth-order valence-corrected chi connectivity index (χ4v) is 3.21. The number of likely N-dealkylation sites (tertiary alicyclic amines) is 1. The monoisotopic (exact) mass is 290 g/mol. The van der Waals surface area contributed by atoms with Gasteiger partial charge in [0.05, 0.1) is 24.6 Å². The van der Waals surface area contributed by atoms with Crippen molar-refractivity contribution in [2.75, 3.05) is 20.3 Å². The van der Waals surface area contributed by atoms with Gasteiger partial charge in [0.1, 0.15) is 0 Å². The van der Waals surface area contributed by atoms with E-state index in [1.54, 1.807) is 7.11 Å². The maximum absolute atomic E-state index is 9.55. The summed E-state index contributed by atoms with van der Waals surface area (Å²) in [6, 6.07) is 2.21. The lowest BCUT2D eigenvalue weighted by Crippen LogP contribution is -2.32. The minimum absolute atomic E-state index is 0.152. The van der Waals surface area contributed by atoms with Crippen LogP contribution in [0, 0.1) is 13.8 Å². The van der Waals surface area contributed by atoms with Crippen LogP contribution >= 0.6 is 0 Å². The van der Waals surface area contributed by atoms with E-state index < -0.39 is 0 Å². The van der Waals surface area contributed by atoms with E-state index in [1.807, 2.05) is 13.1 Å². The first kappa shape index (κ1) is 14.4. The Morgan fingerprint density at radius 3 is 2.95 bits per heavy atom. The molecule has 0 unspecified atom stereocenters. The number of aromatic nitrogens is 3. The third-order valence-corrected chi connectivity index (χ3v) is 4.26. The van der Waals surface area contributed by atoms with Gasteiger partial charge in [0.25, 0.3) is 0 Å². The number of methoxy groups -OCH3 is 1. The van der Waals surface area contributed by atoms with E-state index in [4.69, 9.17) is 4.74 Å². The Labute approximate surface area is 124 Å². The molecule has 2 atom stereocenters. The molecule has 0 amide bonds. The fourth-order valence-electron chi connectivity index (χ4n) is 3.21. The van der Waals surface area contributed by atoms with Crippen LogP contribution in [0.25, 0.3) is 5.78 Å². The van der Waals surface area contributed by atoms with Crippen molar-refractivity contribution in [2.45, 2.75) is 39.0 Å². The zero-order chi connectivity index (χ0) is 15.0. The number of fused-ring (bicyclic) bond motifs is 1. The molecule has 2 aromatic rings. The molecule has 1 fully saturated rings. The van der Waals surface area contributed by atoms with Crippen molar-refractivity contribution in [2.24, 2.45) is 0 Å². The predicted molar refractivity (Wildman–Crippen MR) is 79.2 cm³/mol. The summed E-state index contributed by atoms with van der Waals surface area (Å²) in [7, 11) is 1.73. The van der Waals surface area contributed by atoms with Gasteiger partial charge in [-0.05, 0) is 26.3 Å². The normalized spacial score (nSPS) is 23.2. The quantitative estimate of drug-likeness (QED) is 0.907. The van der Waals surface area contributed by atoms with E-state index in [2.05, 4.69) is 32.3 Å². The number of rotatable bonds is 4. The molecule has 0 aliphatic carbocycles. The number of aryl methyl sites for hydroxylation is 2. The van der Waals surface area contributed by atoms with Crippen LogP contribution in [0.1, 0.15) is 23.5 Å². The van der Waals surface area contributed by atoms with Crippen LogP contribution in [0.2, 0.25) is 0 Å². The fraction of sp³-hybridized carbons (Fsp3) is 0.600. The first-order chi connectivity index (χ1) is 10.1. The second-order valence-electron chi connectivity index (χ2n) is 5.78.